The molecule has 3 aliphatic rings. The fourth-order valence-corrected chi connectivity index (χ4v) is 7.71. The smallest absolute Gasteiger partial charge is 0.165 e. The number of hydrogen-bond acceptors (Lipinski definition) is 7. The van der Waals surface area contributed by atoms with E-state index in [2.05, 4.69) is 27.9 Å². The van der Waals surface area contributed by atoms with Gasteiger partial charge in [0.2, 0.25) is 0 Å². The minimum atomic E-state index is -2.88. The molecule has 3 heterocycles. The minimum Gasteiger partial charge on any atom is -0.508 e. The van der Waals surface area contributed by atoms with Crippen molar-refractivity contribution in [1.29, 1.82) is 0 Å². The second kappa shape index (κ2) is 7.92. The largest absolute Gasteiger partial charge is 0.508 e. The third-order valence-electron chi connectivity index (χ3n) is 7.51. The van der Waals surface area contributed by atoms with Gasteiger partial charge in [0.25, 0.3) is 0 Å². The molecule has 1 aromatic carbocycles. The van der Waals surface area contributed by atoms with Gasteiger partial charge in [-0.1, -0.05) is 18.6 Å². The summed E-state index contributed by atoms with van der Waals surface area (Å²) in [7, 11) is -2.88. The number of anilines is 1. The van der Waals surface area contributed by atoms with E-state index in [-0.39, 0.29) is 5.54 Å². The maximum atomic E-state index is 10.8. The highest BCUT2D eigenvalue weighted by atomic mass is 32.3. The van der Waals surface area contributed by atoms with Crippen molar-refractivity contribution in [3.63, 3.8) is 0 Å². The highest BCUT2D eigenvalue weighted by Crippen LogP contribution is 2.60. The van der Waals surface area contributed by atoms with Gasteiger partial charge in [-0.2, -0.15) is 0 Å². The molecule has 3 N–H and O–H groups in total. The van der Waals surface area contributed by atoms with Crippen molar-refractivity contribution >= 4 is 16.6 Å². The summed E-state index contributed by atoms with van der Waals surface area (Å²) in [4.78, 5) is 11.0. The number of likely N-dealkylation sites (tertiary alicyclic amines) is 1. The molecule has 1 aliphatic carbocycles. The van der Waals surface area contributed by atoms with E-state index < -0.39 is 10.8 Å². The highest BCUT2D eigenvalue weighted by Gasteiger charge is 2.53. The van der Waals surface area contributed by atoms with E-state index in [0.29, 0.717) is 29.3 Å². The Morgan fingerprint density at radius 3 is 2.71 bits per heavy atom. The van der Waals surface area contributed by atoms with Gasteiger partial charge in [-0.15, -0.1) is 10.8 Å². The summed E-state index contributed by atoms with van der Waals surface area (Å²) in [6, 6.07) is 6.37. The minimum absolute atomic E-state index is 0.294. The third-order valence-corrected chi connectivity index (χ3v) is 9.42. The molecule has 0 unspecified atom stereocenters. The van der Waals surface area contributed by atoms with Crippen LogP contribution in [0.5, 0.6) is 5.75 Å². The molecule has 0 radical (unpaired) electrons. The standard InChI is InChI=1S/C23H32N4O3S/c1-17-14-23(8-12-31(29,30)27(23)22-15-24-9-10-25-22)7-11-26(17)16-18-5-6-21(28)20(13-18)19-3-2-4-19/h5-6,9-10,13,15,17,19,28-30H,2-4,7-8,11-12,14,16H2,1H3/t17-,23-/m0/s1. The van der Waals surface area contributed by atoms with E-state index in [0.717, 1.165) is 37.9 Å². The average Bonchev–Trinajstić information content (AvgIpc) is 2.96. The zero-order valence-electron chi connectivity index (χ0n) is 18.0. The summed E-state index contributed by atoms with van der Waals surface area (Å²) in [5.41, 5.74) is 2.05. The maximum Gasteiger partial charge on any atom is 0.165 e. The third kappa shape index (κ3) is 3.80. The molecule has 1 spiro atoms. The average molecular weight is 445 g/mol. The molecule has 2 aliphatic heterocycles. The molecule has 3 fully saturated rings. The predicted octanol–water partition coefficient (Wildman–Crippen LogP) is 4.75. The van der Waals surface area contributed by atoms with Crippen LogP contribution >= 0.6 is 10.8 Å². The second-order valence-corrected chi connectivity index (χ2v) is 11.5. The quantitative estimate of drug-likeness (QED) is 0.627. The van der Waals surface area contributed by atoms with Crippen molar-refractivity contribution in [3.05, 3.63) is 47.9 Å². The fourth-order valence-electron chi connectivity index (χ4n) is 5.60. The number of benzene rings is 1. The van der Waals surface area contributed by atoms with E-state index in [1.165, 1.54) is 24.8 Å². The maximum absolute atomic E-state index is 10.8. The monoisotopic (exact) mass is 444 g/mol. The molecule has 0 amide bonds. The van der Waals surface area contributed by atoms with Crippen molar-refractivity contribution in [3.8, 4) is 5.75 Å². The van der Waals surface area contributed by atoms with Crippen LogP contribution in [0, 0.1) is 0 Å². The van der Waals surface area contributed by atoms with Crippen LogP contribution in [-0.4, -0.2) is 53.0 Å². The second-order valence-electron chi connectivity index (χ2n) is 9.46. The molecule has 2 atom stereocenters. The molecule has 2 saturated heterocycles. The normalized spacial score (nSPS) is 29.8. The molecule has 31 heavy (non-hydrogen) atoms. The van der Waals surface area contributed by atoms with E-state index >= 15 is 0 Å². The van der Waals surface area contributed by atoms with Gasteiger partial charge in [0.1, 0.15) is 5.75 Å². The lowest BCUT2D eigenvalue weighted by Crippen LogP contribution is -2.55. The summed E-state index contributed by atoms with van der Waals surface area (Å²) in [5.74, 6) is 1.88. The van der Waals surface area contributed by atoms with Crippen LogP contribution in [0.25, 0.3) is 0 Å². The highest BCUT2D eigenvalue weighted by molar-refractivity contribution is 8.25. The number of nitrogens with zero attached hydrogens (tertiary/aromatic N) is 4. The van der Waals surface area contributed by atoms with Crippen LogP contribution in [0.15, 0.2) is 36.8 Å². The molecule has 0 bridgehead atoms. The summed E-state index contributed by atoms with van der Waals surface area (Å²) < 4.78 is 23.4. The lowest BCUT2D eigenvalue weighted by atomic mass is 9.79. The van der Waals surface area contributed by atoms with Crippen LogP contribution < -0.4 is 4.31 Å². The number of phenols is 1. The Morgan fingerprint density at radius 2 is 2.03 bits per heavy atom. The summed E-state index contributed by atoms with van der Waals surface area (Å²) in [6.07, 6.45) is 10.9. The van der Waals surface area contributed by atoms with Crippen molar-refractivity contribution in [2.24, 2.45) is 0 Å². The van der Waals surface area contributed by atoms with Gasteiger partial charge in [0.05, 0.1) is 17.5 Å². The van der Waals surface area contributed by atoms with Crippen molar-refractivity contribution in [2.75, 3.05) is 16.6 Å². The Morgan fingerprint density at radius 1 is 1.19 bits per heavy atom. The number of rotatable bonds is 4. The van der Waals surface area contributed by atoms with E-state index in [1.807, 2.05) is 12.1 Å². The number of aromatic nitrogens is 2. The van der Waals surface area contributed by atoms with Crippen LogP contribution in [0.3, 0.4) is 0 Å². The molecule has 2 aromatic rings. The Hall–Kier alpha value is -1.87. The number of aromatic hydroxyl groups is 1. The molecular formula is C23H32N4O3S. The summed E-state index contributed by atoms with van der Waals surface area (Å²) >= 11 is 0. The molecule has 5 rings (SSSR count). The lowest BCUT2D eigenvalue weighted by Gasteiger charge is -2.51. The van der Waals surface area contributed by atoms with Gasteiger partial charge in [0.15, 0.2) is 5.82 Å². The molecule has 168 valence electrons. The Bertz CT molecular complexity index is 940. The molecule has 7 nitrogen and oxygen atoms in total. The Balaban J connectivity index is 1.33. The van der Waals surface area contributed by atoms with Gasteiger partial charge in [-0.3, -0.25) is 19.0 Å². The first kappa shape index (κ1) is 21.0. The zero-order chi connectivity index (χ0) is 21.6. The summed E-state index contributed by atoms with van der Waals surface area (Å²) in [5, 5.41) is 10.3. The predicted molar refractivity (Wildman–Crippen MR) is 123 cm³/mol. The summed E-state index contributed by atoms with van der Waals surface area (Å²) in [6.45, 7) is 3.96. The van der Waals surface area contributed by atoms with Crippen molar-refractivity contribution in [1.82, 2.24) is 14.9 Å². The first-order chi connectivity index (χ1) is 14.9. The molecule has 1 aromatic heterocycles. The zero-order valence-corrected chi connectivity index (χ0v) is 18.8. The topological polar surface area (TPSA) is 93.0 Å². The van der Waals surface area contributed by atoms with Crippen LogP contribution in [-0.2, 0) is 6.54 Å². The SMILES string of the molecule is C[C@H]1C[C@]2(CCN1Cc1ccc(O)c(C3CCC3)c1)CCS(O)(O)N2c1cnccn1. The van der Waals surface area contributed by atoms with Crippen LogP contribution in [0.4, 0.5) is 5.82 Å². The van der Waals surface area contributed by atoms with Crippen LogP contribution in [0.2, 0.25) is 0 Å². The van der Waals surface area contributed by atoms with Crippen molar-refractivity contribution < 1.29 is 14.2 Å². The number of hydrogen-bond donors (Lipinski definition) is 3. The van der Waals surface area contributed by atoms with Gasteiger partial charge in [0, 0.05) is 31.5 Å². The Kier molecular flexibility index (Phi) is 5.37. The first-order valence-corrected chi connectivity index (χ1v) is 12.9. The van der Waals surface area contributed by atoms with Gasteiger partial charge >= 0.3 is 0 Å². The lowest BCUT2D eigenvalue weighted by molar-refractivity contribution is 0.102. The van der Waals surface area contributed by atoms with E-state index in [9.17, 15) is 14.2 Å². The van der Waals surface area contributed by atoms with E-state index in [4.69, 9.17) is 0 Å². The van der Waals surface area contributed by atoms with Gasteiger partial charge < -0.3 is 5.11 Å². The first-order valence-electron chi connectivity index (χ1n) is 11.3. The van der Waals surface area contributed by atoms with Gasteiger partial charge in [-0.05, 0) is 62.1 Å². The van der Waals surface area contributed by atoms with E-state index in [1.54, 1.807) is 22.9 Å². The Labute approximate surface area is 185 Å². The van der Waals surface area contributed by atoms with Gasteiger partial charge in [-0.25, -0.2) is 9.29 Å². The number of piperidine rings is 1. The molecule has 8 heteroatoms. The fraction of sp³-hybridized carbons (Fsp3) is 0.565. The van der Waals surface area contributed by atoms with Crippen LogP contribution in [0.1, 0.15) is 62.5 Å². The molecule has 1 saturated carbocycles. The van der Waals surface area contributed by atoms with Crippen molar-refractivity contribution in [2.45, 2.75) is 69.5 Å². The molecular weight excluding hydrogens is 412 g/mol. The number of phenolic OH excluding ortho intramolecular Hbond substituents is 1.